The van der Waals surface area contributed by atoms with E-state index in [2.05, 4.69) is 188 Å². The van der Waals surface area contributed by atoms with E-state index in [9.17, 15) is 0 Å². The number of benzene rings is 8. The second-order valence-electron chi connectivity index (χ2n) is 13.3. The van der Waals surface area contributed by atoms with Crippen LogP contribution in [0.5, 0.6) is 0 Å². The van der Waals surface area contributed by atoms with Crippen LogP contribution in [-0.4, -0.2) is 9.97 Å². The number of aromatic nitrogens is 2. The minimum Gasteiger partial charge on any atom is -0.228 e. The summed E-state index contributed by atoms with van der Waals surface area (Å²) in [5.74, 6) is 0.701. The van der Waals surface area contributed by atoms with E-state index in [4.69, 9.17) is 9.97 Å². The summed E-state index contributed by atoms with van der Waals surface area (Å²) in [6.45, 7) is 0. The first kappa shape index (κ1) is 31.1. The zero-order chi connectivity index (χ0) is 35.1. The van der Waals surface area contributed by atoms with E-state index >= 15 is 0 Å². The first-order valence-electron chi connectivity index (χ1n) is 17.9. The molecule has 3 heteroatoms. The Morgan fingerprint density at radius 2 is 0.849 bits per heavy atom. The van der Waals surface area contributed by atoms with Crippen molar-refractivity contribution in [2.75, 3.05) is 0 Å². The van der Waals surface area contributed by atoms with E-state index in [1.54, 1.807) is 0 Å². The lowest BCUT2D eigenvalue weighted by Gasteiger charge is -2.15. The van der Waals surface area contributed by atoms with Crippen LogP contribution < -0.4 is 0 Å². The van der Waals surface area contributed by atoms with Gasteiger partial charge in [0.15, 0.2) is 5.82 Å². The van der Waals surface area contributed by atoms with Crippen molar-refractivity contribution in [3.63, 3.8) is 0 Å². The van der Waals surface area contributed by atoms with Gasteiger partial charge in [-0.2, -0.15) is 0 Å². The maximum Gasteiger partial charge on any atom is 0.160 e. The highest BCUT2D eigenvalue weighted by Crippen LogP contribution is 2.43. The van der Waals surface area contributed by atoms with Crippen molar-refractivity contribution in [2.45, 2.75) is 0 Å². The maximum atomic E-state index is 5.30. The monoisotopic (exact) mass is 692 g/mol. The highest BCUT2D eigenvalue weighted by atomic mass is 32.1. The van der Waals surface area contributed by atoms with Gasteiger partial charge in [-0.3, -0.25) is 0 Å². The van der Waals surface area contributed by atoms with E-state index in [0.29, 0.717) is 5.82 Å². The molecule has 2 aromatic heterocycles. The van der Waals surface area contributed by atoms with Gasteiger partial charge in [-0.15, -0.1) is 11.3 Å². The Hall–Kier alpha value is -6.68. The molecule has 53 heavy (non-hydrogen) atoms. The lowest BCUT2D eigenvalue weighted by atomic mass is 9.92. The van der Waals surface area contributed by atoms with E-state index < -0.39 is 0 Å². The van der Waals surface area contributed by atoms with Gasteiger partial charge in [0, 0.05) is 36.9 Å². The lowest BCUT2D eigenvalue weighted by molar-refractivity contribution is 1.18. The summed E-state index contributed by atoms with van der Waals surface area (Å²) in [7, 11) is 0. The van der Waals surface area contributed by atoms with Crippen LogP contribution in [0.2, 0.25) is 0 Å². The quantitative estimate of drug-likeness (QED) is 0.173. The zero-order valence-electron chi connectivity index (χ0n) is 28.8. The molecule has 8 aromatic carbocycles. The SMILES string of the molecule is c1ccc(-c2cc(-c3cc(-c4ccc(-c5ccccc5)c5ccccc45)nc(-c4ccccc4)n3)cc(-c3cccc4c3sc3ccccc34)c2)cc1. The van der Waals surface area contributed by atoms with E-state index in [1.807, 2.05) is 17.4 Å². The minimum atomic E-state index is 0.701. The van der Waals surface area contributed by atoms with E-state index in [1.165, 1.54) is 47.8 Å². The third kappa shape index (κ3) is 5.68. The van der Waals surface area contributed by atoms with Gasteiger partial charge in [-0.1, -0.05) is 164 Å². The molecule has 0 atom stereocenters. The van der Waals surface area contributed by atoms with Gasteiger partial charge in [0.25, 0.3) is 0 Å². The molecule has 0 aliphatic rings. The fraction of sp³-hybridized carbons (Fsp3) is 0. The molecule has 0 unspecified atom stereocenters. The van der Waals surface area contributed by atoms with Crippen molar-refractivity contribution < 1.29 is 0 Å². The van der Waals surface area contributed by atoms with Crippen molar-refractivity contribution in [1.29, 1.82) is 0 Å². The Labute approximate surface area is 312 Å². The van der Waals surface area contributed by atoms with E-state index in [-0.39, 0.29) is 0 Å². The first-order valence-corrected chi connectivity index (χ1v) is 18.7. The molecule has 10 aromatic rings. The Balaban J connectivity index is 1.22. The summed E-state index contributed by atoms with van der Waals surface area (Å²) < 4.78 is 2.59. The summed E-state index contributed by atoms with van der Waals surface area (Å²) in [5, 5.41) is 4.94. The second-order valence-corrected chi connectivity index (χ2v) is 14.4. The number of fused-ring (bicyclic) bond motifs is 4. The zero-order valence-corrected chi connectivity index (χ0v) is 29.6. The largest absolute Gasteiger partial charge is 0.228 e. The van der Waals surface area contributed by atoms with Gasteiger partial charge >= 0.3 is 0 Å². The van der Waals surface area contributed by atoms with Crippen LogP contribution in [0.25, 0.3) is 98.2 Å². The summed E-state index contributed by atoms with van der Waals surface area (Å²) in [6, 6.07) is 69.2. The van der Waals surface area contributed by atoms with Crippen molar-refractivity contribution in [2.24, 2.45) is 0 Å². The first-order chi connectivity index (χ1) is 26.3. The number of nitrogens with zero attached hydrogens (tertiary/aromatic N) is 2. The molecule has 0 saturated heterocycles. The molecule has 0 aliphatic heterocycles. The maximum absolute atomic E-state index is 5.30. The van der Waals surface area contributed by atoms with Crippen LogP contribution in [0.3, 0.4) is 0 Å². The summed E-state index contributed by atoms with van der Waals surface area (Å²) in [6.07, 6.45) is 0. The average molecular weight is 693 g/mol. The highest BCUT2D eigenvalue weighted by molar-refractivity contribution is 7.26. The molecule has 0 radical (unpaired) electrons. The summed E-state index contributed by atoms with van der Waals surface area (Å²) in [4.78, 5) is 10.6. The van der Waals surface area contributed by atoms with Gasteiger partial charge in [-0.05, 0) is 74.5 Å². The smallest absolute Gasteiger partial charge is 0.160 e. The van der Waals surface area contributed by atoms with Crippen molar-refractivity contribution in [3.8, 4) is 67.3 Å². The predicted octanol–water partition coefficient (Wildman–Crippen LogP) is 14.0. The van der Waals surface area contributed by atoms with Crippen LogP contribution in [0.4, 0.5) is 0 Å². The fourth-order valence-electron chi connectivity index (χ4n) is 7.54. The lowest BCUT2D eigenvalue weighted by Crippen LogP contribution is -1.97. The summed E-state index contributed by atoms with van der Waals surface area (Å²) in [5.41, 5.74) is 12.0. The molecule has 2 heterocycles. The Morgan fingerprint density at radius 3 is 1.60 bits per heavy atom. The van der Waals surface area contributed by atoms with Gasteiger partial charge in [0.05, 0.1) is 11.4 Å². The molecule has 2 nitrogen and oxygen atoms in total. The predicted molar refractivity (Wildman–Crippen MR) is 225 cm³/mol. The summed E-state index contributed by atoms with van der Waals surface area (Å²) >= 11 is 1.86. The number of hydrogen-bond donors (Lipinski definition) is 0. The third-order valence-electron chi connectivity index (χ3n) is 10.1. The van der Waals surface area contributed by atoms with Crippen LogP contribution in [-0.2, 0) is 0 Å². The standard InChI is InChI=1S/C50H32N2S/c1-4-15-33(16-5-1)36-29-37(40-24-14-25-45-44-23-12-13-26-48(44)53-49(40)45)31-38(30-36)46-32-47(52-50(51-46)35-19-8-3-9-20-35)43-28-27-39(34-17-6-2-7-18-34)41-21-10-11-22-42(41)43/h1-32H. The van der Waals surface area contributed by atoms with Crippen LogP contribution in [0, 0.1) is 0 Å². The molecule has 0 spiro atoms. The van der Waals surface area contributed by atoms with E-state index in [0.717, 1.165) is 44.6 Å². The topological polar surface area (TPSA) is 25.8 Å². The van der Waals surface area contributed by atoms with Gasteiger partial charge in [0.1, 0.15) is 0 Å². The van der Waals surface area contributed by atoms with Crippen LogP contribution in [0.1, 0.15) is 0 Å². The molecule has 248 valence electrons. The number of hydrogen-bond acceptors (Lipinski definition) is 3. The molecule has 10 rings (SSSR count). The average Bonchev–Trinajstić information content (AvgIpc) is 3.63. The molecule has 0 N–H and O–H groups in total. The minimum absolute atomic E-state index is 0.701. The Morgan fingerprint density at radius 1 is 0.302 bits per heavy atom. The normalized spacial score (nSPS) is 11.4. The molecule has 0 amide bonds. The third-order valence-corrected chi connectivity index (χ3v) is 11.3. The van der Waals surface area contributed by atoms with Crippen LogP contribution >= 0.6 is 11.3 Å². The second kappa shape index (κ2) is 13.1. The van der Waals surface area contributed by atoms with Gasteiger partial charge < -0.3 is 0 Å². The molecular weight excluding hydrogens is 661 g/mol. The molecule has 0 aliphatic carbocycles. The van der Waals surface area contributed by atoms with Crippen molar-refractivity contribution in [3.05, 3.63) is 194 Å². The highest BCUT2D eigenvalue weighted by Gasteiger charge is 2.17. The Kier molecular flexibility index (Phi) is 7.71. The Bertz CT molecular complexity index is 2930. The molecular formula is C50H32N2S. The van der Waals surface area contributed by atoms with Gasteiger partial charge in [-0.25, -0.2) is 9.97 Å². The van der Waals surface area contributed by atoms with Crippen molar-refractivity contribution >= 4 is 42.3 Å². The van der Waals surface area contributed by atoms with Crippen molar-refractivity contribution in [1.82, 2.24) is 9.97 Å². The fourth-order valence-corrected chi connectivity index (χ4v) is 8.78. The van der Waals surface area contributed by atoms with Crippen LogP contribution in [0.15, 0.2) is 194 Å². The number of thiophene rings is 1. The molecule has 0 fully saturated rings. The molecule has 0 bridgehead atoms. The molecule has 0 saturated carbocycles. The van der Waals surface area contributed by atoms with Gasteiger partial charge in [0.2, 0.25) is 0 Å². The number of rotatable bonds is 6.